The summed E-state index contributed by atoms with van der Waals surface area (Å²) in [6.07, 6.45) is 0. The van der Waals surface area contributed by atoms with E-state index >= 15 is 0 Å². The summed E-state index contributed by atoms with van der Waals surface area (Å²) >= 11 is 5.82. The molecule has 3 aromatic rings. The molecule has 31 heavy (non-hydrogen) atoms. The molecule has 9 heteroatoms. The van der Waals surface area contributed by atoms with Gasteiger partial charge in [-0.25, -0.2) is 8.42 Å². The number of hydrogen-bond acceptors (Lipinski definition) is 4. The standard InChI is InChI=1S/C22H20ClN3O4S/c1-26(2)22(28)15-6-5-7-17(14-15)24-21(27)19-8-3-4-9-20(19)25-31(29,30)18-12-10-16(23)11-13-18/h3-14,25H,1-2H3,(H,24,27). The van der Waals surface area contributed by atoms with Gasteiger partial charge in [0.25, 0.3) is 21.8 Å². The van der Waals surface area contributed by atoms with Gasteiger partial charge in [-0.2, -0.15) is 0 Å². The van der Waals surface area contributed by atoms with E-state index in [1.807, 2.05) is 0 Å². The normalized spacial score (nSPS) is 10.9. The van der Waals surface area contributed by atoms with Gasteiger partial charge in [0.15, 0.2) is 0 Å². The van der Waals surface area contributed by atoms with Crippen LogP contribution in [0.1, 0.15) is 20.7 Å². The average molecular weight is 458 g/mol. The van der Waals surface area contributed by atoms with Crippen molar-refractivity contribution >= 4 is 44.8 Å². The van der Waals surface area contributed by atoms with E-state index in [-0.39, 0.29) is 22.1 Å². The Bertz CT molecular complexity index is 1230. The molecule has 7 nitrogen and oxygen atoms in total. The number of carbonyl (C=O) groups excluding carboxylic acids is 2. The van der Waals surface area contributed by atoms with Crippen LogP contribution in [0.2, 0.25) is 5.02 Å². The maximum atomic E-state index is 12.9. The minimum Gasteiger partial charge on any atom is -0.345 e. The monoisotopic (exact) mass is 457 g/mol. The lowest BCUT2D eigenvalue weighted by atomic mass is 10.1. The number of nitrogens with zero attached hydrogens (tertiary/aromatic N) is 1. The number of halogens is 1. The van der Waals surface area contributed by atoms with Gasteiger partial charge in [0.1, 0.15) is 0 Å². The minimum atomic E-state index is -3.93. The first-order valence-corrected chi connectivity index (χ1v) is 11.0. The van der Waals surface area contributed by atoms with Crippen molar-refractivity contribution in [3.8, 4) is 0 Å². The molecule has 0 atom stereocenters. The highest BCUT2D eigenvalue weighted by atomic mass is 35.5. The Morgan fingerprint density at radius 3 is 2.26 bits per heavy atom. The Kier molecular flexibility index (Phi) is 6.62. The molecule has 2 amide bonds. The maximum absolute atomic E-state index is 12.9. The molecular formula is C22H20ClN3O4S. The molecule has 0 saturated carbocycles. The van der Waals surface area contributed by atoms with Gasteiger partial charge in [-0.05, 0) is 54.6 Å². The van der Waals surface area contributed by atoms with E-state index in [1.54, 1.807) is 50.5 Å². The molecule has 0 aliphatic rings. The Morgan fingerprint density at radius 2 is 1.58 bits per heavy atom. The van der Waals surface area contributed by atoms with E-state index in [0.29, 0.717) is 16.3 Å². The zero-order valence-electron chi connectivity index (χ0n) is 16.8. The predicted octanol–water partition coefficient (Wildman–Crippen LogP) is 4.09. The van der Waals surface area contributed by atoms with E-state index in [0.717, 1.165) is 0 Å². The number of anilines is 2. The lowest BCUT2D eigenvalue weighted by Gasteiger charge is -2.14. The molecule has 0 unspecified atom stereocenters. The predicted molar refractivity (Wildman–Crippen MR) is 121 cm³/mol. The van der Waals surface area contributed by atoms with E-state index < -0.39 is 15.9 Å². The highest BCUT2D eigenvalue weighted by Gasteiger charge is 2.19. The van der Waals surface area contributed by atoms with Gasteiger partial charge in [-0.15, -0.1) is 0 Å². The van der Waals surface area contributed by atoms with Crippen LogP contribution in [0.15, 0.2) is 77.7 Å². The van der Waals surface area contributed by atoms with Crippen molar-refractivity contribution < 1.29 is 18.0 Å². The van der Waals surface area contributed by atoms with Gasteiger partial charge in [0.2, 0.25) is 0 Å². The summed E-state index contributed by atoms with van der Waals surface area (Å²) in [6, 6.07) is 18.4. The van der Waals surface area contributed by atoms with Crippen LogP contribution in [0.25, 0.3) is 0 Å². The van der Waals surface area contributed by atoms with Crippen LogP contribution in [0.4, 0.5) is 11.4 Å². The zero-order valence-corrected chi connectivity index (χ0v) is 18.4. The second kappa shape index (κ2) is 9.20. The van der Waals surface area contributed by atoms with Crippen LogP contribution < -0.4 is 10.0 Å². The Hall–Kier alpha value is -3.36. The minimum absolute atomic E-state index is 0.0158. The maximum Gasteiger partial charge on any atom is 0.261 e. The molecule has 0 aliphatic heterocycles. The van der Waals surface area contributed by atoms with E-state index in [9.17, 15) is 18.0 Å². The molecule has 2 N–H and O–H groups in total. The number of hydrogen-bond donors (Lipinski definition) is 2. The number of nitrogens with one attached hydrogen (secondary N) is 2. The van der Waals surface area contributed by atoms with Gasteiger partial charge in [0, 0.05) is 30.4 Å². The molecule has 0 bridgehead atoms. The highest BCUT2D eigenvalue weighted by Crippen LogP contribution is 2.23. The fourth-order valence-electron chi connectivity index (χ4n) is 2.77. The van der Waals surface area contributed by atoms with Crippen molar-refractivity contribution in [3.05, 3.63) is 88.9 Å². The number of para-hydroxylation sites is 1. The van der Waals surface area contributed by atoms with Crippen molar-refractivity contribution in [1.82, 2.24) is 4.90 Å². The Morgan fingerprint density at radius 1 is 0.903 bits per heavy atom. The molecule has 3 rings (SSSR count). The third kappa shape index (κ3) is 5.42. The molecule has 0 aromatic heterocycles. The summed E-state index contributed by atoms with van der Waals surface area (Å²) in [4.78, 5) is 26.5. The van der Waals surface area contributed by atoms with Gasteiger partial charge >= 0.3 is 0 Å². The number of rotatable bonds is 6. The SMILES string of the molecule is CN(C)C(=O)c1cccc(NC(=O)c2ccccc2NS(=O)(=O)c2ccc(Cl)cc2)c1. The molecule has 3 aromatic carbocycles. The summed E-state index contributed by atoms with van der Waals surface area (Å²) in [5, 5.41) is 3.11. The summed E-state index contributed by atoms with van der Waals surface area (Å²) < 4.78 is 27.8. The summed E-state index contributed by atoms with van der Waals surface area (Å²) in [5.74, 6) is -0.726. The first kappa shape index (κ1) is 22.3. The van der Waals surface area contributed by atoms with E-state index in [4.69, 9.17) is 11.6 Å². The quantitative estimate of drug-likeness (QED) is 0.582. The first-order chi connectivity index (χ1) is 14.7. The molecule has 0 heterocycles. The van der Waals surface area contributed by atoms with Crippen molar-refractivity contribution in [2.75, 3.05) is 24.1 Å². The van der Waals surface area contributed by atoms with E-state index in [2.05, 4.69) is 10.0 Å². The number of amides is 2. The fourth-order valence-corrected chi connectivity index (χ4v) is 3.98. The van der Waals surface area contributed by atoms with Crippen molar-refractivity contribution in [2.24, 2.45) is 0 Å². The lowest BCUT2D eigenvalue weighted by molar-refractivity contribution is 0.0827. The lowest BCUT2D eigenvalue weighted by Crippen LogP contribution is -2.22. The zero-order chi connectivity index (χ0) is 22.6. The van der Waals surface area contributed by atoms with Gasteiger partial charge < -0.3 is 10.2 Å². The second-order valence-corrected chi connectivity index (χ2v) is 8.96. The number of benzene rings is 3. The van der Waals surface area contributed by atoms with Crippen molar-refractivity contribution in [3.63, 3.8) is 0 Å². The molecule has 0 radical (unpaired) electrons. The van der Waals surface area contributed by atoms with Crippen molar-refractivity contribution in [1.29, 1.82) is 0 Å². The third-order valence-electron chi connectivity index (χ3n) is 4.31. The molecular weight excluding hydrogens is 438 g/mol. The third-order valence-corrected chi connectivity index (χ3v) is 5.95. The largest absolute Gasteiger partial charge is 0.345 e. The number of carbonyl (C=O) groups is 2. The van der Waals surface area contributed by atoms with E-state index in [1.165, 1.54) is 41.3 Å². The molecule has 160 valence electrons. The van der Waals surface area contributed by atoms with Crippen LogP contribution in [0, 0.1) is 0 Å². The molecule has 0 saturated heterocycles. The summed E-state index contributed by atoms with van der Waals surface area (Å²) in [7, 11) is -0.654. The van der Waals surface area contributed by atoms with Crippen LogP contribution in [-0.2, 0) is 10.0 Å². The van der Waals surface area contributed by atoms with Crippen LogP contribution in [-0.4, -0.2) is 39.2 Å². The van der Waals surface area contributed by atoms with Gasteiger partial charge in [0.05, 0.1) is 16.1 Å². The van der Waals surface area contributed by atoms with Crippen LogP contribution in [0.3, 0.4) is 0 Å². The van der Waals surface area contributed by atoms with Crippen molar-refractivity contribution in [2.45, 2.75) is 4.90 Å². The van der Waals surface area contributed by atoms with Crippen LogP contribution >= 0.6 is 11.6 Å². The van der Waals surface area contributed by atoms with Gasteiger partial charge in [-0.3, -0.25) is 14.3 Å². The summed E-state index contributed by atoms with van der Waals surface area (Å²) in [6.45, 7) is 0. The topological polar surface area (TPSA) is 95.6 Å². The summed E-state index contributed by atoms with van der Waals surface area (Å²) in [5.41, 5.74) is 1.08. The Balaban J connectivity index is 1.85. The highest BCUT2D eigenvalue weighted by molar-refractivity contribution is 7.92. The second-order valence-electron chi connectivity index (χ2n) is 6.84. The first-order valence-electron chi connectivity index (χ1n) is 9.18. The number of sulfonamides is 1. The van der Waals surface area contributed by atoms with Gasteiger partial charge in [-0.1, -0.05) is 29.8 Å². The Labute approximate surface area is 185 Å². The fraction of sp³-hybridized carbons (Fsp3) is 0.0909. The molecule has 0 aliphatic carbocycles. The average Bonchev–Trinajstić information content (AvgIpc) is 2.73. The smallest absolute Gasteiger partial charge is 0.261 e. The van der Waals surface area contributed by atoms with Crippen LogP contribution in [0.5, 0.6) is 0 Å². The molecule has 0 fully saturated rings. The molecule has 0 spiro atoms.